The Morgan fingerprint density at radius 2 is 0.900 bits per heavy atom. The normalized spacial score (nSPS) is 12.6. The van der Waals surface area contributed by atoms with Crippen molar-refractivity contribution in [1.82, 2.24) is 9.13 Å². The molecule has 9 aromatic rings. The molecule has 0 fully saturated rings. The average Bonchev–Trinajstić information content (AvgIpc) is 3.71. The highest BCUT2D eigenvalue weighted by atomic mass is 15.0. The quantitative estimate of drug-likeness (QED) is 0.178. The van der Waals surface area contributed by atoms with E-state index in [1.54, 1.807) is 0 Å². The van der Waals surface area contributed by atoms with Crippen molar-refractivity contribution in [2.75, 3.05) is 0 Å². The fourth-order valence-electron chi connectivity index (χ4n) is 7.99. The molecule has 2 heteroatoms. The average molecular weight is 639 g/mol. The summed E-state index contributed by atoms with van der Waals surface area (Å²) in [6.07, 6.45) is 6.78. The van der Waals surface area contributed by atoms with E-state index in [0.717, 1.165) is 12.8 Å². The zero-order valence-corrected chi connectivity index (χ0v) is 27.6. The van der Waals surface area contributed by atoms with Gasteiger partial charge in [-0.2, -0.15) is 0 Å². The number of allylic oxidation sites excluding steroid dienone is 1. The summed E-state index contributed by atoms with van der Waals surface area (Å²) in [4.78, 5) is 0. The van der Waals surface area contributed by atoms with Crippen LogP contribution >= 0.6 is 0 Å². The molecule has 0 N–H and O–H groups in total. The lowest BCUT2D eigenvalue weighted by Gasteiger charge is -2.13. The smallest absolute Gasteiger partial charge is 0.0543 e. The second kappa shape index (κ2) is 11.6. The molecule has 0 aliphatic heterocycles. The lowest BCUT2D eigenvalue weighted by atomic mass is 9.98. The molecule has 0 saturated heterocycles. The van der Waals surface area contributed by atoms with Crippen LogP contribution < -0.4 is 0 Å². The van der Waals surface area contributed by atoms with Gasteiger partial charge >= 0.3 is 0 Å². The molecule has 10 rings (SSSR count). The van der Waals surface area contributed by atoms with Gasteiger partial charge < -0.3 is 9.13 Å². The molecule has 50 heavy (non-hydrogen) atoms. The minimum atomic E-state index is 1.06. The number of fused-ring (bicyclic) bond motifs is 6. The van der Waals surface area contributed by atoms with E-state index in [1.165, 1.54) is 88.7 Å². The number of hydrogen-bond acceptors (Lipinski definition) is 0. The molecular weight excluding hydrogens is 605 g/mol. The van der Waals surface area contributed by atoms with Crippen molar-refractivity contribution < 1.29 is 0 Å². The Morgan fingerprint density at radius 3 is 1.60 bits per heavy atom. The molecular formula is C48H34N2. The summed E-state index contributed by atoms with van der Waals surface area (Å²) in [5, 5.41) is 3.87. The number of rotatable bonds is 5. The second-order valence-electron chi connectivity index (χ2n) is 13.3. The maximum absolute atomic E-state index is 2.46. The van der Waals surface area contributed by atoms with E-state index in [9.17, 15) is 0 Å². The summed E-state index contributed by atoms with van der Waals surface area (Å²) < 4.78 is 4.86. The van der Waals surface area contributed by atoms with Gasteiger partial charge in [0.15, 0.2) is 0 Å². The molecule has 236 valence electrons. The van der Waals surface area contributed by atoms with E-state index in [-0.39, 0.29) is 0 Å². The molecule has 2 nitrogen and oxygen atoms in total. The van der Waals surface area contributed by atoms with Crippen LogP contribution in [-0.2, 0) is 6.42 Å². The van der Waals surface area contributed by atoms with Crippen LogP contribution in [0.1, 0.15) is 17.7 Å². The van der Waals surface area contributed by atoms with E-state index in [4.69, 9.17) is 0 Å². The Bertz CT molecular complexity index is 2710. The van der Waals surface area contributed by atoms with Crippen molar-refractivity contribution in [1.29, 1.82) is 0 Å². The van der Waals surface area contributed by atoms with Crippen molar-refractivity contribution in [3.05, 3.63) is 187 Å². The molecule has 1 aliphatic rings. The Morgan fingerprint density at radius 1 is 0.360 bits per heavy atom. The van der Waals surface area contributed by atoms with Gasteiger partial charge in [-0.25, -0.2) is 0 Å². The molecule has 0 amide bonds. The van der Waals surface area contributed by atoms with Crippen LogP contribution in [0.15, 0.2) is 176 Å². The first-order valence-corrected chi connectivity index (χ1v) is 17.5. The van der Waals surface area contributed by atoms with Crippen molar-refractivity contribution in [3.8, 4) is 44.8 Å². The van der Waals surface area contributed by atoms with Gasteiger partial charge in [-0.05, 0) is 106 Å². The van der Waals surface area contributed by atoms with Crippen LogP contribution in [0.4, 0.5) is 0 Å². The number of aromatic nitrogens is 2. The number of benzene rings is 7. The third kappa shape index (κ3) is 4.64. The fraction of sp³-hybridized carbons (Fsp3) is 0.0417. The van der Waals surface area contributed by atoms with Gasteiger partial charge in [-0.15, -0.1) is 0 Å². The van der Waals surface area contributed by atoms with Gasteiger partial charge in [-0.3, -0.25) is 0 Å². The van der Waals surface area contributed by atoms with Gasteiger partial charge in [0.25, 0.3) is 0 Å². The number of hydrogen-bond donors (Lipinski definition) is 0. The van der Waals surface area contributed by atoms with Crippen molar-refractivity contribution in [2.45, 2.75) is 12.8 Å². The Kier molecular flexibility index (Phi) is 6.67. The van der Waals surface area contributed by atoms with Crippen LogP contribution in [0.25, 0.3) is 83.5 Å². The molecule has 0 saturated carbocycles. The molecule has 0 spiro atoms. The van der Waals surface area contributed by atoms with Crippen molar-refractivity contribution in [2.24, 2.45) is 0 Å². The van der Waals surface area contributed by atoms with Gasteiger partial charge in [0.05, 0.1) is 16.6 Å². The van der Waals surface area contributed by atoms with E-state index in [1.807, 2.05) is 0 Å². The van der Waals surface area contributed by atoms with Crippen molar-refractivity contribution in [3.63, 3.8) is 0 Å². The molecule has 0 bridgehead atoms. The van der Waals surface area contributed by atoms with Crippen molar-refractivity contribution >= 4 is 38.8 Å². The maximum Gasteiger partial charge on any atom is 0.0543 e. The SMILES string of the molecule is C1=Cc2c(c3ccc(-c4ccc5c(c4)c4ccccc4n5-c4ccc(-c5ccccc5)cc4)cc3n2-c2ccc(-c3ccccc3)cc2)CC1. The molecule has 0 radical (unpaired) electrons. The topological polar surface area (TPSA) is 9.86 Å². The summed E-state index contributed by atoms with van der Waals surface area (Å²) in [6.45, 7) is 0. The molecule has 2 heterocycles. The highest BCUT2D eigenvalue weighted by molar-refractivity contribution is 6.10. The summed E-state index contributed by atoms with van der Waals surface area (Å²) in [5.41, 5.74) is 16.2. The fourth-order valence-corrected chi connectivity index (χ4v) is 7.99. The highest BCUT2D eigenvalue weighted by Crippen LogP contribution is 2.39. The number of aryl methyl sites for hydroxylation is 1. The van der Waals surface area contributed by atoms with E-state index in [0.29, 0.717) is 0 Å². The third-order valence-corrected chi connectivity index (χ3v) is 10.4. The summed E-state index contributed by atoms with van der Waals surface area (Å²) in [6, 6.07) is 62.0. The standard InChI is InChI=1S/C48H34N2/c1-3-11-33(12-4-1)35-19-25-39(26-20-35)49-46-18-10-8-16-42(46)44-31-37(24-30-47(44)49)38-23-29-43-41-15-7-9-17-45(41)50(48(43)32-38)40-27-21-36(22-28-40)34-13-5-2-6-14-34/h1-6,8-14,16-32H,7,15H2. The van der Waals surface area contributed by atoms with E-state index in [2.05, 4.69) is 191 Å². The van der Waals surface area contributed by atoms with Crippen LogP contribution in [-0.4, -0.2) is 9.13 Å². The zero-order valence-electron chi connectivity index (χ0n) is 27.6. The molecule has 2 aromatic heterocycles. The maximum atomic E-state index is 2.46. The molecule has 0 atom stereocenters. The van der Waals surface area contributed by atoms with Crippen LogP contribution in [0.2, 0.25) is 0 Å². The van der Waals surface area contributed by atoms with Gasteiger partial charge in [-0.1, -0.05) is 127 Å². The lowest BCUT2D eigenvalue weighted by molar-refractivity contribution is 0.967. The summed E-state index contributed by atoms with van der Waals surface area (Å²) >= 11 is 0. The Hall–Kier alpha value is -6.38. The Labute approximate surface area is 291 Å². The largest absolute Gasteiger partial charge is 0.310 e. The van der Waals surface area contributed by atoms with Gasteiger partial charge in [0.2, 0.25) is 0 Å². The summed E-state index contributed by atoms with van der Waals surface area (Å²) in [7, 11) is 0. The summed E-state index contributed by atoms with van der Waals surface area (Å²) in [5.74, 6) is 0. The first-order valence-electron chi connectivity index (χ1n) is 17.5. The zero-order chi connectivity index (χ0) is 33.0. The first-order chi connectivity index (χ1) is 24.8. The van der Waals surface area contributed by atoms with Crippen LogP contribution in [0.5, 0.6) is 0 Å². The minimum absolute atomic E-state index is 1.06. The van der Waals surface area contributed by atoms with Crippen LogP contribution in [0, 0.1) is 0 Å². The predicted molar refractivity (Wildman–Crippen MR) is 211 cm³/mol. The number of nitrogens with zero attached hydrogens (tertiary/aromatic N) is 2. The second-order valence-corrected chi connectivity index (χ2v) is 13.3. The highest BCUT2D eigenvalue weighted by Gasteiger charge is 2.20. The van der Waals surface area contributed by atoms with Gasteiger partial charge in [0, 0.05) is 33.2 Å². The minimum Gasteiger partial charge on any atom is -0.310 e. The molecule has 7 aromatic carbocycles. The third-order valence-electron chi connectivity index (χ3n) is 10.4. The predicted octanol–water partition coefficient (Wildman–Crippen LogP) is 12.7. The lowest BCUT2D eigenvalue weighted by Crippen LogP contribution is -2.00. The Balaban J connectivity index is 1.09. The number of para-hydroxylation sites is 1. The first kappa shape index (κ1) is 28.6. The molecule has 1 aliphatic carbocycles. The molecule has 0 unspecified atom stereocenters. The van der Waals surface area contributed by atoms with Crippen LogP contribution in [0.3, 0.4) is 0 Å². The van der Waals surface area contributed by atoms with E-state index >= 15 is 0 Å². The monoisotopic (exact) mass is 638 g/mol. The van der Waals surface area contributed by atoms with E-state index < -0.39 is 0 Å². The van der Waals surface area contributed by atoms with Gasteiger partial charge in [0.1, 0.15) is 0 Å².